The number of alkyl halides is 2. The van der Waals surface area contributed by atoms with Crippen LogP contribution in [0.4, 0.5) is 14.6 Å². The van der Waals surface area contributed by atoms with E-state index in [2.05, 4.69) is 20.5 Å². The molecule has 4 rings (SSSR count). The van der Waals surface area contributed by atoms with Crippen molar-refractivity contribution in [2.45, 2.75) is 44.1 Å². The molecule has 2 fully saturated rings. The van der Waals surface area contributed by atoms with E-state index in [1.54, 1.807) is 30.0 Å². The average molecular weight is 458 g/mol. The third-order valence-electron chi connectivity index (χ3n) is 6.09. The monoisotopic (exact) mass is 458 g/mol. The van der Waals surface area contributed by atoms with Gasteiger partial charge in [-0.25, -0.2) is 8.78 Å². The normalized spacial score (nSPS) is 21.1. The number of anilines is 1. The number of rotatable bonds is 7. The number of hydrogen-bond acceptors (Lipinski definition) is 7. The Labute approximate surface area is 188 Å². The summed E-state index contributed by atoms with van der Waals surface area (Å²) in [5, 5.41) is 19.6. The molecule has 0 bridgehead atoms. The summed E-state index contributed by atoms with van der Waals surface area (Å²) >= 11 is 0. The smallest absolute Gasteiger partial charge is 0.265 e. The van der Waals surface area contributed by atoms with Gasteiger partial charge in [0, 0.05) is 31.8 Å². The lowest BCUT2D eigenvalue weighted by Crippen LogP contribution is -2.52. The van der Waals surface area contributed by atoms with Crippen LogP contribution in [0, 0.1) is 17.2 Å². The standard InChI is InChI=1S/C22H24F2N6O3/c1-13(20(31)27-18-4-5-19(29-28-18)33-12-14-2-3-14)30-7-6-22(23,24)17(11-30)16-8-15(9-25)21(32)26-10-16/h4-5,8,10,13-14,17H,2-3,6-7,11-12H2,1H3,(H,26,32)(H,27,28,31). The minimum atomic E-state index is -3.04. The summed E-state index contributed by atoms with van der Waals surface area (Å²) in [6.07, 6.45) is 3.07. The highest BCUT2D eigenvalue weighted by molar-refractivity contribution is 5.93. The molecule has 1 amide bonds. The Morgan fingerprint density at radius 1 is 1.42 bits per heavy atom. The molecule has 0 aromatic carbocycles. The van der Waals surface area contributed by atoms with Gasteiger partial charge in [0.05, 0.1) is 18.6 Å². The Hall–Kier alpha value is -3.39. The lowest BCUT2D eigenvalue weighted by Gasteiger charge is -2.40. The van der Waals surface area contributed by atoms with Crippen LogP contribution in [0.25, 0.3) is 0 Å². The van der Waals surface area contributed by atoms with Crippen LogP contribution in [0.3, 0.4) is 0 Å². The summed E-state index contributed by atoms with van der Waals surface area (Å²) in [6, 6.07) is 5.39. The number of carbonyl (C=O) groups excluding carboxylic acids is 1. The number of halogens is 2. The number of pyridine rings is 1. The molecule has 174 valence electrons. The number of nitrogens with zero attached hydrogens (tertiary/aromatic N) is 4. The molecule has 2 atom stereocenters. The number of hydrogen-bond donors (Lipinski definition) is 2. The molecular formula is C22H24F2N6O3. The first-order chi connectivity index (χ1) is 15.8. The highest BCUT2D eigenvalue weighted by Crippen LogP contribution is 2.40. The van der Waals surface area contributed by atoms with E-state index in [-0.39, 0.29) is 30.0 Å². The van der Waals surface area contributed by atoms with Gasteiger partial charge in [-0.3, -0.25) is 14.5 Å². The summed E-state index contributed by atoms with van der Waals surface area (Å²) in [5.74, 6) is -3.52. The second-order valence-electron chi connectivity index (χ2n) is 8.52. The zero-order chi connectivity index (χ0) is 23.6. The predicted molar refractivity (Wildman–Crippen MR) is 114 cm³/mol. The molecule has 2 unspecified atom stereocenters. The SMILES string of the molecule is CC(C(=O)Nc1ccc(OCC2CC2)nn1)N1CCC(F)(F)C(c2c[nH]c(=O)c(C#N)c2)C1. The van der Waals surface area contributed by atoms with Crippen molar-refractivity contribution in [1.82, 2.24) is 20.1 Å². The number of H-pyrrole nitrogens is 1. The molecule has 11 heteroatoms. The molecule has 33 heavy (non-hydrogen) atoms. The van der Waals surface area contributed by atoms with Crippen LogP contribution in [0.2, 0.25) is 0 Å². The number of ether oxygens (including phenoxy) is 1. The van der Waals surface area contributed by atoms with Crippen molar-refractivity contribution in [2.75, 3.05) is 25.0 Å². The third kappa shape index (κ3) is 5.34. The van der Waals surface area contributed by atoms with E-state index in [9.17, 15) is 18.4 Å². The van der Waals surface area contributed by atoms with E-state index in [1.165, 1.54) is 12.3 Å². The van der Waals surface area contributed by atoms with E-state index < -0.39 is 35.8 Å². The molecule has 2 aromatic rings. The largest absolute Gasteiger partial charge is 0.476 e. The van der Waals surface area contributed by atoms with Crippen molar-refractivity contribution in [2.24, 2.45) is 5.92 Å². The van der Waals surface area contributed by atoms with Gasteiger partial charge < -0.3 is 15.0 Å². The number of nitriles is 1. The van der Waals surface area contributed by atoms with Crippen molar-refractivity contribution in [1.29, 1.82) is 5.26 Å². The summed E-state index contributed by atoms with van der Waals surface area (Å²) in [5.41, 5.74) is -0.703. The molecule has 1 aliphatic heterocycles. The maximum Gasteiger partial charge on any atom is 0.265 e. The number of aromatic nitrogens is 3. The van der Waals surface area contributed by atoms with E-state index in [0.717, 1.165) is 12.8 Å². The molecule has 0 spiro atoms. The fourth-order valence-corrected chi connectivity index (χ4v) is 3.76. The van der Waals surface area contributed by atoms with Crippen molar-refractivity contribution >= 4 is 11.7 Å². The zero-order valence-electron chi connectivity index (χ0n) is 18.1. The molecule has 9 nitrogen and oxygen atoms in total. The maximum atomic E-state index is 14.7. The van der Waals surface area contributed by atoms with Gasteiger partial charge in [0.1, 0.15) is 11.6 Å². The first-order valence-corrected chi connectivity index (χ1v) is 10.8. The Balaban J connectivity index is 1.40. The second-order valence-corrected chi connectivity index (χ2v) is 8.52. The van der Waals surface area contributed by atoms with Gasteiger partial charge in [0.25, 0.3) is 11.5 Å². The van der Waals surface area contributed by atoms with Gasteiger partial charge >= 0.3 is 0 Å². The van der Waals surface area contributed by atoms with Crippen LogP contribution < -0.4 is 15.6 Å². The molecule has 1 saturated carbocycles. The summed E-state index contributed by atoms with van der Waals surface area (Å²) in [6.45, 7) is 2.14. The fourth-order valence-electron chi connectivity index (χ4n) is 3.76. The van der Waals surface area contributed by atoms with E-state index in [4.69, 9.17) is 10.00 Å². The van der Waals surface area contributed by atoms with Crippen LogP contribution in [-0.4, -0.2) is 57.6 Å². The van der Waals surface area contributed by atoms with Gasteiger partial charge in [-0.1, -0.05) is 0 Å². The predicted octanol–water partition coefficient (Wildman–Crippen LogP) is 2.28. The Kier molecular flexibility index (Phi) is 6.37. The number of aromatic amines is 1. The highest BCUT2D eigenvalue weighted by atomic mass is 19.3. The van der Waals surface area contributed by atoms with Crippen LogP contribution in [0.15, 0.2) is 29.2 Å². The molecule has 2 N–H and O–H groups in total. The van der Waals surface area contributed by atoms with E-state index in [0.29, 0.717) is 18.4 Å². The number of amides is 1. The van der Waals surface area contributed by atoms with Crippen LogP contribution in [0.1, 0.15) is 43.2 Å². The molecule has 3 heterocycles. The first-order valence-electron chi connectivity index (χ1n) is 10.8. The maximum absolute atomic E-state index is 14.7. The average Bonchev–Trinajstić information content (AvgIpc) is 3.63. The second kappa shape index (κ2) is 9.23. The summed E-state index contributed by atoms with van der Waals surface area (Å²) in [4.78, 5) is 28.4. The zero-order valence-corrected chi connectivity index (χ0v) is 18.1. The molecule has 0 radical (unpaired) electrons. The van der Waals surface area contributed by atoms with Gasteiger partial charge in [0.15, 0.2) is 5.82 Å². The lowest BCUT2D eigenvalue weighted by molar-refractivity contribution is -0.125. The van der Waals surface area contributed by atoms with Gasteiger partial charge in [-0.15, -0.1) is 10.2 Å². The summed E-state index contributed by atoms with van der Waals surface area (Å²) in [7, 11) is 0. The number of piperidine rings is 1. The third-order valence-corrected chi connectivity index (χ3v) is 6.09. The number of carbonyl (C=O) groups is 1. The summed E-state index contributed by atoms with van der Waals surface area (Å²) < 4.78 is 34.9. The first kappa shape index (κ1) is 22.8. The van der Waals surface area contributed by atoms with Crippen molar-refractivity contribution in [3.05, 3.63) is 45.9 Å². The molecule has 1 aliphatic carbocycles. The topological polar surface area (TPSA) is 124 Å². The van der Waals surface area contributed by atoms with Crippen molar-refractivity contribution < 1.29 is 18.3 Å². The van der Waals surface area contributed by atoms with Crippen LogP contribution >= 0.6 is 0 Å². The molecule has 2 aromatic heterocycles. The van der Waals surface area contributed by atoms with Crippen molar-refractivity contribution in [3.8, 4) is 11.9 Å². The van der Waals surface area contributed by atoms with Gasteiger partial charge in [0.2, 0.25) is 11.8 Å². The Morgan fingerprint density at radius 3 is 2.88 bits per heavy atom. The van der Waals surface area contributed by atoms with Crippen LogP contribution in [-0.2, 0) is 4.79 Å². The lowest BCUT2D eigenvalue weighted by atomic mass is 9.86. The van der Waals surface area contributed by atoms with Crippen molar-refractivity contribution in [3.63, 3.8) is 0 Å². The van der Waals surface area contributed by atoms with Gasteiger partial charge in [-0.05, 0) is 43.4 Å². The molecule has 1 saturated heterocycles. The minimum absolute atomic E-state index is 0.0200. The molecular weight excluding hydrogens is 434 g/mol. The fraction of sp³-hybridized carbons (Fsp3) is 0.500. The Bertz CT molecular complexity index is 1110. The Morgan fingerprint density at radius 2 is 2.21 bits per heavy atom. The molecule has 2 aliphatic rings. The number of nitrogens with one attached hydrogen (secondary N) is 2. The van der Waals surface area contributed by atoms with E-state index in [1.807, 2.05) is 0 Å². The number of likely N-dealkylation sites (tertiary alicyclic amines) is 1. The highest BCUT2D eigenvalue weighted by Gasteiger charge is 2.46. The van der Waals surface area contributed by atoms with E-state index >= 15 is 0 Å². The van der Waals surface area contributed by atoms with Gasteiger partial charge in [-0.2, -0.15) is 5.26 Å². The minimum Gasteiger partial charge on any atom is -0.476 e. The van der Waals surface area contributed by atoms with Crippen LogP contribution in [0.5, 0.6) is 5.88 Å². The quantitative estimate of drug-likeness (QED) is 0.652.